The average molecular weight is 418 g/mol. The van der Waals surface area contributed by atoms with Crippen LogP contribution in [0, 0.1) is 5.82 Å². The predicted molar refractivity (Wildman–Crippen MR) is 116 cm³/mol. The van der Waals surface area contributed by atoms with Crippen LogP contribution in [0.15, 0.2) is 73.1 Å². The Kier molecular flexibility index (Phi) is 5.33. The first kappa shape index (κ1) is 20.4. The summed E-state index contributed by atoms with van der Waals surface area (Å²) in [5.74, 6) is 0.265. The van der Waals surface area contributed by atoms with E-state index in [1.54, 1.807) is 55.7 Å². The zero-order chi connectivity index (χ0) is 22.0. The van der Waals surface area contributed by atoms with Crippen molar-refractivity contribution in [1.82, 2.24) is 19.6 Å². The molecule has 1 unspecified atom stereocenters. The normalized spacial score (nSPS) is 13.0. The Morgan fingerprint density at radius 1 is 1.00 bits per heavy atom. The van der Waals surface area contributed by atoms with E-state index in [-0.39, 0.29) is 12.4 Å². The van der Waals surface area contributed by atoms with Crippen LogP contribution in [0.1, 0.15) is 6.92 Å². The Labute approximate surface area is 178 Å². The number of hydrogen-bond acceptors (Lipinski definition) is 4. The van der Waals surface area contributed by atoms with Gasteiger partial charge >= 0.3 is 6.03 Å². The number of hydrogen-bond donors (Lipinski definition) is 3. The monoisotopic (exact) mass is 418 g/mol. The summed E-state index contributed by atoms with van der Waals surface area (Å²) in [4.78, 5) is 23.8. The van der Waals surface area contributed by atoms with Gasteiger partial charge in [0.15, 0.2) is 5.69 Å². The van der Waals surface area contributed by atoms with Crippen molar-refractivity contribution in [2.45, 2.75) is 6.92 Å². The maximum Gasteiger partial charge on any atom is 0.451 e. The van der Waals surface area contributed by atoms with Crippen LogP contribution >= 0.6 is 0 Å². The number of primary amides is 1. The third-order valence-electron chi connectivity index (χ3n) is 5.18. The Hall–Kier alpha value is -3.88. The number of H-pyrrole nitrogens is 1. The summed E-state index contributed by atoms with van der Waals surface area (Å²) in [6.45, 7) is 1.78. The number of aromatic nitrogens is 3. The number of imidazole rings is 1. The molecule has 0 fully saturated rings. The second-order valence-corrected chi connectivity index (χ2v) is 7.02. The van der Waals surface area contributed by atoms with E-state index in [0.717, 1.165) is 22.4 Å². The standard InChI is InChI=1S/C23H20FN5O2/c1-2-29(31,23(25)30)19-9-5-17(6-10-19)22-27-20(15-3-7-18(24)8-4-15)21(28-22)16-11-13-26-14-12-16/h3-14,31H,2H2,1H3,(H2-,25,26,27,28,30)/p+1. The molecule has 2 aromatic heterocycles. The van der Waals surface area contributed by atoms with Gasteiger partial charge in [0.05, 0.1) is 11.4 Å². The molecule has 2 heterocycles. The lowest BCUT2D eigenvalue weighted by Gasteiger charge is -2.23. The molecule has 31 heavy (non-hydrogen) atoms. The summed E-state index contributed by atoms with van der Waals surface area (Å²) in [7, 11) is 0. The van der Waals surface area contributed by atoms with E-state index in [1.165, 1.54) is 12.1 Å². The summed E-state index contributed by atoms with van der Waals surface area (Å²) < 4.78 is 12.4. The van der Waals surface area contributed by atoms with Crippen molar-refractivity contribution in [1.29, 1.82) is 0 Å². The van der Waals surface area contributed by atoms with Crippen molar-refractivity contribution in [2.75, 3.05) is 6.54 Å². The Morgan fingerprint density at radius 2 is 1.61 bits per heavy atom. The molecule has 0 saturated carbocycles. The van der Waals surface area contributed by atoms with E-state index in [1.807, 2.05) is 12.1 Å². The Bertz CT molecular complexity index is 1210. The molecule has 1 atom stereocenters. The second kappa shape index (κ2) is 8.10. The molecule has 156 valence electrons. The van der Waals surface area contributed by atoms with Crippen LogP contribution in [-0.4, -0.2) is 32.7 Å². The van der Waals surface area contributed by atoms with E-state index in [4.69, 9.17) is 10.7 Å². The molecule has 4 N–H and O–H groups in total. The second-order valence-electron chi connectivity index (χ2n) is 7.02. The number of pyridine rings is 1. The molecule has 4 rings (SSSR count). The lowest BCUT2D eigenvalue weighted by Crippen LogP contribution is -2.54. The third kappa shape index (κ3) is 3.81. The molecule has 8 heteroatoms. The number of halogens is 1. The first-order chi connectivity index (χ1) is 14.9. The molecule has 0 saturated heterocycles. The summed E-state index contributed by atoms with van der Waals surface area (Å²) in [5, 5.41) is 10.5. The highest BCUT2D eigenvalue weighted by molar-refractivity contribution is 5.84. The number of urea groups is 1. The molecule has 2 amide bonds. The van der Waals surface area contributed by atoms with E-state index in [9.17, 15) is 14.4 Å². The number of amides is 2. The summed E-state index contributed by atoms with van der Waals surface area (Å²) in [5.41, 5.74) is 9.55. The van der Waals surface area contributed by atoms with Crippen LogP contribution in [0.4, 0.5) is 14.9 Å². The highest BCUT2D eigenvalue weighted by Crippen LogP contribution is 2.33. The first-order valence-corrected chi connectivity index (χ1v) is 9.70. The van der Waals surface area contributed by atoms with Gasteiger partial charge in [-0.3, -0.25) is 4.98 Å². The molecule has 0 radical (unpaired) electrons. The molecule has 2 aromatic carbocycles. The molecule has 7 nitrogen and oxygen atoms in total. The fourth-order valence-corrected chi connectivity index (χ4v) is 3.39. The molecule has 0 aliphatic rings. The van der Waals surface area contributed by atoms with E-state index in [2.05, 4.69) is 9.97 Å². The van der Waals surface area contributed by atoms with E-state index < -0.39 is 10.7 Å². The quantitative estimate of drug-likeness (QED) is 0.247. The Morgan fingerprint density at radius 3 is 2.19 bits per heavy atom. The molecule has 0 aliphatic carbocycles. The SMILES string of the molecule is CC[N+](O)(C(N)=O)c1ccc(-c2nc(-c3ccc(F)cc3)c(-c3ccncc3)[nH]2)cc1. The molecular weight excluding hydrogens is 397 g/mol. The number of aromatic amines is 1. The number of rotatable bonds is 5. The van der Waals surface area contributed by atoms with Gasteiger partial charge in [-0.25, -0.2) is 19.4 Å². The van der Waals surface area contributed by atoms with Gasteiger partial charge in [0.25, 0.3) is 0 Å². The van der Waals surface area contributed by atoms with Gasteiger partial charge < -0.3 is 10.7 Å². The van der Waals surface area contributed by atoms with Gasteiger partial charge in [0, 0.05) is 41.2 Å². The van der Waals surface area contributed by atoms with Crippen molar-refractivity contribution in [3.8, 4) is 33.9 Å². The average Bonchev–Trinajstić information content (AvgIpc) is 3.25. The number of carbonyl (C=O) groups is 1. The van der Waals surface area contributed by atoms with E-state index in [0.29, 0.717) is 17.2 Å². The minimum atomic E-state index is -0.985. The zero-order valence-electron chi connectivity index (χ0n) is 16.8. The smallest absolute Gasteiger partial charge is 0.337 e. The predicted octanol–water partition coefficient (Wildman–Crippen LogP) is 4.74. The van der Waals surface area contributed by atoms with Crippen LogP contribution in [0.2, 0.25) is 0 Å². The van der Waals surface area contributed by atoms with Gasteiger partial charge in [-0.1, -0.05) is 4.65 Å². The maximum absolute atomic E-state index is 13.4. The highest BCUT2D eigenvalue weighted by atomic mass is 19.1. The fraction of sp³-hybridized carbons (Fsp3) is 0.0870. The lowest BCUT2D eigenvalue weighted by molar-refractivity contribution is -0.0266. The third-order valence-corrected chi connectivity index (χ3v) is 5.18. The van der Waals surface area contributed by atoms with Gasteiger partial charge in [-0.2, -0.15) is 0 Å². The number of nitrogens with one attached hydrogen (secondary N) is 1. The fourth-order valence-electron chi connectivity index (χ4n) is 3.39. The number of hydroxylamine groups is 2. The van der Waals surface area contributed by atoms with E-state index >= 15 is 0 Å². The first-order valence-electron chi connectivity index (χ1n) is 9.70. The Balaban J connectivity index is 1.79. The summed E-state index contributed by atoms with van der Waals surface area (Å²) in [6, 6.07) is 15.8. The minimum absolute atomic E-state index is 0.107. The molecule has 0 spiro atoms. The van der Waals surface area contributed by atoms with Crippen molar-refractivity contribution in [3.05, 3.63) is 78.9 Å². The van der Waals surface area contributed by atoms with Gasteiger partial charge in [0.2, 0.25) is 0 Å². The van der Waals surface area contributed by atoms with Crippen molar-refractivity contribution in [3.63, 3.8) is 0 Å². The van der Waals surface area contributed by atoms with Crippen LogP contribution in [0.3, 0.4) is 0 Å². The maximum atomic E-state index is 13.4. The number of benzene rings is 2. The van der Waals surface area contributed by atoms with Crippen molar-refractivity contribution in [2.24, 2.45) is 5.73 Å². The lowest BCUT2D eigenvalue weighted by atomic mass is 10.1. The zero-order valence-corrected chi connectivity index (χ0v) is 16.8. The number of quaternary nitrogens is 1. The minimum Gasteiger partial charge on any atom is -0.337 e. The summed E-state index contributed by atoms with van der Waals surface area (Å²) >= 11 is 0. The topological polar surface area (TPSA) is 105 Å². The molecule has 0 bridgehead atoms. The van der Waals surface area contributed by atoms with Crippen LogP contribution in [0.5, 0.6) is 0 Å². The van der Waals surface area contributed by atoms with Crippen LogP contribution in [-0.2, 0) is 0 Å². The molecular formula is C23H21FN5O2+. The van der Waals surface area contributed by atoms with Crippen molar-refractivity contribution >= 4 is 11.7 Å². The van der Waals surface area contributed by atoms with Crippen molar-refractivity contribution < 1.29 is 14.4 Å². The number of nitrogens with zero attached hydrogens (tertiary/aromatic N) is 3. The highest BCUT2D eigenvalue weighted by Gasteiger charge is 2.34. The largest absolute Gasteiger partial charge is 0.451 e. The number of carbonyl (C=O) groups excluding carboxylic acids is 1. The molecule has 0 aliphatic heterocycles. The van der Waals surface area contributed by atoms with Gasteiger partial charge in [0.1, 0.15) is 18.2 Å². The number of nitrogens with two attached hydrogens (primary N) is 1. The summed E-state index contributed by atoms with van der Waals surface area (Å²) in [6.07, 6.45) is 3.37. The molecule has 4 aromatic rings. The van der Waals surface area contributed by atoms with Crippen LogP contribution in [0.25, 0.3) is 33.9 Å². The van der Waals surface area contributed by atoms with Crippen LogP contribution < -0.4 is 10.4 Å². The van der Waals surface area contributed by atoms with Gasteiger partial charge in [-0.05, 0) is 55.5 Å². The van der Waals surface area contributed by atoms with Gasteiger partial charge in [-0.15, -0.1) is 0 Å².